The molecule has 0 radical (unpaired) electrons. The summed E-state index contributed by atoms with van der Waals surface area (Å²) < 4.78 is 0. The first kappa shape index (κ1) is 23.0. The molecule has 0 amide bonds. The third kappa shape index (κ3) is 69.7. The summed E-state index contributed by atoms with van der Waals surface area (Å²) in [6, 6.07) is 0. The predicted molar refractivity (Wildman–Crippen MR) is 23.3 cm³/mol. The van der Waals surface area contributed by atoms with Crippen LogP contribution in [0, 0.1) is 0 Å². The zero-order chi connectivity index (χ0) is 3.58. The molecule has 0 aromatic rings. The Morgan fingerprint density at radius 2 is 1.29 bits per heavy atom. The van der Waals surface area contributed by atoms with Gasteiger partial charge in [-0.15, -0.1) is 0 Å². The van der Waals surface area contributed by atoms with E-state index in [2.05, 4.69) is 0 Å². The molecule has 0 aliphatic heterocycles. The van der Waals surface area contributed by atoms with Gasteiger partial charge in [0, 0.05) is 0 Å². The van der Waals surface area contributed by atoms with Crippen LogP contribution >= 0.6 is 0 Å². The summed E-state index contributed by atoms with van der Waals surface area (Å²) in [6.45, 7) is 0. The van der Waals surface area contributed by atoms with Gasteiger partial charge in [0.2, 0.25) is 0 Å². The van der Waals surface area contributed by atoms with Gasteiger partial charge in [0.25, 0.3) is 0 Å². The maximum atomic E-state index is 8.33. The molecular formula is CH4BaCaO4. The first-order valence-corrected chi connectivity index (χ1v) is 0.612. The Kier molecular flexibility index (Phi) is 51.5. The SMILES string of the molecule is O.O=C([O-])[O-].[Ba+2].[CaH2]. The monoisotopic (exact) mass is 258 g/mol. The van der Waals surface area contributed by atoms with Gasteiger partial charge in [-0.05, 0) is 6.16 Å². The Morgan fingerprint density at radius 3 is 1.29 bits per heavy atom. The number of hydrogen-bond donors (Lipinski definition) is 0. The average Bonchev–Trinajstić information content (AvgIpc) is 0.811. The van der Waals surface area contributed by atoms with Crippen LogP contribution in [0.5, 0.6) is 0 Å². The van der Waals surface area contributed by atoms with Crippen molar-refractivity contribution in [2.75, 3.05) is 0 Å². The van der Waals surface area contributed by atoms with Crippen molar-refractivity contribution >= 4 is 92.8 Å². The summed E-state index contributed by atoms with van der Waals surface area (Å²) in [6.07, 6.45) is -2.33. The van der Waals surface area contributed by atoms with Gasteiger partial charge in [-0.3, -0.25) is 0 Å². The normalized spacial score (nSPS) is 3.43. The zero-order valence-corrected chi connectivity index (χ0v) is 7.37. The molecule has 0 aromatic carbocycles. The number of carboxylic acid groups (broad SMARTS) is 2. The summed E-state index contributed by atoms with van der Waals surface area (Å²) >= 11 is 0. The van der Waals surface area contributed by atoms with E-state index >= 15 is 0 Å². The van der Waals surface area contributed by atoms with E-state index < -0.39 is 6.16 Å². The minimum atomic E-state index is -2.33. The second-order valence-electron chi connectivity index (χ2n) is 0.250. The van der Waals surface area contributed by atoms with Crippen molar-refractivity contribution in [3.05, 3.63) is 0 Å². The van der Waals surface area contributed by atoms with Crippen molar-refractivity contribution in [3.8, 4) is 0 Å². The number of rotatable bonds is 0. The van der Waals surface area contributed by atoms with Crippen LogP contribution in [-0.2, 0) is 0 Å². The summed E-state index contributed by atoms with van der Waals surface area (Å²) in [5.74, 6) is 0. The Bertz CT molecular complexity index is 34.7. The maximum absolute atomic E-state index is 8.33. The molecule has 0 rings (SSSR count). The molecule has 0 aliphatic carbocycles. The van der Waals surface area contributed by atoms with Crippen LogP contribution in [0.25, 0.3) is 0 Å². The molecule has 0 saturated carbocycles. The van der Waals surface area contributed by atoms with Crippen LogP contribution in [0.2, 0.25) is 0 Å². The molecule has 0 bridgehead atoms. The molecule has 2 N–H and O–H groups in total. The fourth-order valence-corrected chi connectivity index (χ4v) is 0. The second-order valence-corrected chi connectivity index (χ2v) is 0.250. The quantitative estimate of drug-likeness (QED) is 0.409. The Hall–Kier alpha value is 2.06. The molecular weight excluding hydrogens is 253 g/mol. The molecule has 0 atom stereocenters. The Morgan fingerprint density at radius 1 is 1.29 bits per heavy atom. The topological polar surface area (TPSA) is 94.7 Å². The fourth-order valence-electron chi connectivity index (χ4n) is 0. The van der Waals surface area contributed by atoms with Gasteiger partial charge in [-0.2, -0.15) is 0 Å². The van der Waals surface area contributed by atoms with Crippen LogP contribution in [0.1, 0.15) is 0 Å². The molecule has 4 nitrogen and oxygen atoms in total. The molecule has 0 spiro atoms. The third-order valence-corrected chi connectivity index (χ3v) is 0. The van der Waals surface area contributed by atoms with Gasteiger partial charge in [-0.25, -0.2) is 0 Å². The van der Waals surface area contributed by atoms with Gasteiger partial charge in [0.15, 0.2) is 0 Å². The zero-order valence-electron chi connectivity index (χ0n) is 2.93. The third-order valence-electron chi connectivity index (χ3n) is 0. The Balaban J connectivity index is -0.0000000150. The number of carbonyl (C=O) groups is 1. The number of carbonyl (C=O) groups excluding carboxylic acids is 1. The number of hydrogen-bond acceptors (Lipinski definition) is 3. The summed E-state index contributed by atoms with van der Waals surface area (Å²) in [5, 5.41) is 16.7. The molecule has 0 aromatic heterocycles. The predicted octanol–water partition coefficient (Wildman–Crippen LogP) is -4.57. The summed E-state index contributed by atoms with van der Waals surface area (Å²) in [7, 11) is 0. The van der Waals surface area contributed by atoms with Gasteiger partial charge in [0.05, 0.1) is 0 Å². The fraction of sp³-hybridized carbons (Fsp3) is 0. The molecule has 0 fully saturated rings. The van der Waals surface area contributed by atoms with E-state index in [1.165, 1.54) is 0 Å². The van der Waals surface area contributed by atoms with E-state index in [4.69, 9.17) is 15.0 Å². The van der Waals surface area contributed by atoms with Gasteiger partial charge in [0.1, 0.15) is 0 Å². The minimum absolute atomic E-state index is 0. The first-order valence-electron chi connectivity index (χ1n) is 0.612. The average molecular weight is 257 g/mol. The van der Waals surface area contributed by atoms with E-state index in [-0.39, 0.29) is 92.1 Å². The van der Waals surface area contributed by atoms with E-state index in [9.17, 15) is 0 Å². The summed E-state index contributed by atoms with van der Waals surface area (Å²) in [5.41, 5.74) is 0. The standard InChI is InChI=1S/CH2O3.Ba.Ca.H2O.2H/c2-1(3)4;;;;;/h(H2,2,3,4);;;1H2;;/q;+2;;;;/p-2. The van der Waals surface area contributed by atoms with Crippen LogP contribution in [0.4, 0.5) is 4.79 Å². The van der Waals surface area contributed by atoms with E-state index in [0.717, 1.165) is 0 Å². The molecule has 0 saturated heterocycles. The van der Waals surface area contributed by atoms with Crippen molar-refractivity contribution in [3.63, 3.8) is 0 Å². The van der Waals surface area contributed by atoms with Crippen molar-refractivity contribution in [2.45, 2.75) is 0 Å². The van der Waals surface area contributed by atoms with Gasteiger partial charge >= 0.3 is 86.6 Å². The van der Waals surface area contributed by atoms with Gasteiger partial charge in [-0.1, -0.05) is 0 Å². The summed E-state index contributed by atoms with van der Waals surface area (Å²) in [4.78, 5) is 8.33. The molecule has 6 heteroatoms. The van der Waals surface area contributed by atoms with Crippen molar-refractivity contribution < 1.29 is 20.5 Å². The molecule has 0 unspecified atom stereocenters. The first-order chi connectivity index (χ1) is 1.73. The van der Waals surface area contributed by atoms with Crippen LogP contribution in [0.15, 0.2) is 0 Å². The van der Waals surface area contributed by atoms with Crippen molar-refractivity contribution in [1.82, 2.24) is 0 Å². The van der Waals surface area contributed by atoms with Crippen molar-refractivity contribution in [2.24, 2.45) is 0 Å². The second kappa shape index (κ2) is 15.7. The molecule has 0 heterocycles. The molecule has 7 heavy (non-hydrogen) atoms. The molecule has 36 valence electrons. The van der Waals surface area contributed by atoms with Crippen molar-refractivity contribution in [1.29, 1.82) is 0 Å². The van der Waals surface area contributed by atoms with Gasteiger partial charge < -0.3 is 20.5 Å². The van der Waals surface area contributed by atoms with Crippen LogP contribution in [0.3, 0.4) is 0 Å². The van der Waals surface area contributed by atoms with Crippen LogP contribution < -0.4 is 10.2 Å². The Labute approximate surface area is 111 Å². The molecule has 0 aliphatic rings. The van der Waals surface area contributed by atoms with E-state index in [1.54, 1.807) is 0 Å². The van der Waals surface area contributed by atoms with Crippen LogP contribution in [-0.4, -0.2) is 98.3 Å². The van der Waals surface area contributed by atoms with E-state index in [1.807, 2.05) is 0 Å². The van der Waals surface area contributed by atoms with E-state index in [0.29, 0.717) is 0 Å².